The Labute approximate surface area is 81.2 Å². The van der Waals surface area contributed by atoms with Crippen LogP contribution in [0.1, 0.15) is 5.56 Å². The fraction of sp³-hybridized carbons (Fsp3) is 0.100. The van der Waals surface area contributed by atoms with Gasteiger partial charge in [-0.1, -0.05) is 12.1 Å². The molecule has 1 aromatic carbocycles. The van der Waals surface area contributed by atoms with Crippen molar-refractivity contribution in [2.24, 2.45) is 4.99 Å². The molecule has 72 valence electrons. The summed E-state index contributed by atoms with van der Waals surface area (Å²) in [5.74, 6) is 0.352. The van der Waals surface area contributed by atoms with E-state index in [1.54, 1.807) is 18.2 Å². The number of hydrogen-bond donors (Lipinski definition) is 1. The van der Waals surface area contributed by atoms with Crippen molar-refractivity contribution in [1.29, 1.82) is 0 Å². The van der Waals surface area contributed by atoms with E-state index in [2.05, 4.69) is 4.99 Å². The van der Waals surface area contributed by atoms with Crippen molar-refractivity contribution >= 4 is 12.2 Å². The average molecular weight is 191 g/mol. The van der Waals surface area contributed by atoms with Crippen molar-refractivity contribution < 1.29 is 14.6 Å². The zero-order chi connectivity index (χ0) is 10.4. The Morgan fingerprint density at radius 3 is 2.64 bits per heavy atom. The van der Waals surface area contributed by atoms with Crippen LogP contribution in [-0.4, -0.2) is 18.3 Å². The van der Waals surface area contributed by atoms with E-state index in [1.165, 1.54) is 25.3 Å². The molecule has 0 atom stereocenters. The molecule has 4 heteroatoms. The second-order valence-electron chi connectivity index (χ2n) is 2.48. The minimum atomic E-state index is 0.172. The molecule has 0 spiro atoms. The van der Waals surface area contributed by atoms with Crippen molar-refractivity contribution in [2.45, 2.75) is 0 Å². The van der Waals surface area contributed by atoms with Crippen LogP contribution in [0.5, 0.6) is 5.75 Å². The molecule has 0 fully saturated rings. The van der Waals surface area contributed by atoms with E-state index < -0.39 is 0 Å². The van der Waals surface area contributed by atoms with Gasteiger partial charge in [-0.25, -0.2) is 4.79 Å². The third-order valence-corrected chi connectivity index (χ3v) is 1.55. The molecule has 0 aromatic heterocycles. The summed E-state index contributed by atoms with van der Waals surface area (Å²) in [5, 5.41) is 9.01. The average Bonchev–Trinajstić information content (AvgIpc) is 2.20. The first kappa shape index (κ1) is 10.0. The Kier molecular flexibility index (Phi) is 3.47. The molecule has 1 N–H and O–H groups in total. The minimum Gasteiger partial charge on any atom is -0.508 e. The van der Waals surface area contributed by atoms with Gasteiger partial charge in [-0.2, -0.15) is 0 Å². The van der Waals surface area contributed by atoms with Crippen LogP contribution < -0.4 is 0 Å². The SMILES string of the molecule is COC(=Cc1ccc(O)cc1)N=C=O. The van der Waals surface area contributed by atoms with Gasteiger partial charge < -0.3 is 9.84 Å². The quantitative estimate of drug-likeness (QED) is 0.449. The standard InChI is InChI=1S/C10H9NO3/c1-14-10(11-7-12)6-8-2-4-9(13)5-3-8/h2-6,13H,1H3. The van der Waals surface area contributed by atoms with Crippen molar-refractivity contribution in [2.75, 3.05) is 7.11 Å². The summed E-state index contributed by atoms with van der Waals surface area (Å²) in [6.07, 6.45) is 2.94. The lowest BCUT2D eigenvalue weighted by Gasteiger charge is -1.97. The number of carbonyl (C=O) groups excluding carboxylic acids is 1. The summed E-state index contributed by atoms with van der Waals surface area (Å²) in [6, 6.07) is 6.41. The van der Waals surface area contributed by atoms with Crippen LogP contribution in [0.15, 0.2) is 35.1 Å². The second-order valence-corrected chi connectivity index (χ2v) is 2.48. The monoisotopic (exact) mass is 191 g/mol. The maximum Gasteiger partial charge on any atom is 0.243 e. The first-order valence-corrected chi connectivity index (χ1v) is 3.89. The molecular weight excluding hydrogens is 182 g/mol. The van der Waals surface area contributed by atoms with Gasteiger partial charge in [-0.05, 0) is 17.7 Å². The van der Waals surface area contributed by atoms with E-state index in [0.29, 0.717) is 0 Å². The molecule has 0 saturated heterocycles. The van der Waals surface area contributed by atoms with Crippen LogP contribution >= 0.6 is 0 Å². The largest absolute Gasteiger partial charge is 0.508 e. The van der Waals surface area contributed by atoms with E-state index in [-0.39, 0.29) is 11.6 Å². The maximum absolute atomic E-state index is 9.97. The van der Waals surface area contributed by atoms with Crippen molar-refractivity contribution in [3.63, 3.8) is 0 Å². The number of isocyanates is 1. The summed E-state index contributed by atoms with van der Waals surface area (Å²) in [4.78, 5) is 13.3. The number of benzene rings is 1. The van der Waals surface area contributed by atoms with Crippen LogP contribution in [0.3, 0.4) is 0 Å². The molecule has 1 aromatic rings. The molecule has 0 radical (unpaired) electrons. The number of methoxy groups -OCH3 is 1. The molecule has 0 unspecified atom stereocenters. The van der Waals surface area contributed by atoms with Gasteiger partial charge in [0.1, 0.15) is 5.75 Å². The smallest absolute Gasteiger partial charge is 0.243 e. The predicted molar refractivity (Wildman–Crippen MR) is 51.2 cm³/mol. The zero-order valence-corrected chi connectivity index (χ0v) is 7.60. The number of phenols is 1. The summed E-state index contributed by atoms with van der Waals surface area (Å²) < 4.78 is 4.79. The van der Waals surface area contributed by atoms with Gasteiger partial charge in [-0.3, -0.25) is 0 Å². The summed E-state index contributed by atoms with van der Waals surface area (Å²) in [6.45, 7) is 0. The van der Waals surface area contributed by atoms with E-state index >= 15 is 0 Å². The van der Waals surface area contributed by atoms with Gasteiger partial charge in [0.2, 0.25) is 12.0 Å². The highest BCUT2D eigenvalue weighted by Gasteiger charge is 1.94. The highest BCUT2D eigenvalue weighted by molar-refractivity contribution is 5.54. The lowest BCUT2D eigenvalue weighted by atomic mass is 10.2. The number of phenolic OH excluding ortho intramolecular Hbond substituents is 1. The molecule has 1 rings (SSSR count). The minimum absolute atomic E-state index is 0.172. The summed E-state index contributed by atoms with van der Waals surface area (Å²) in [7, 11) is 1.41. The predicted octanol–water partition coefficient (Wildman–Crippen LogP) is 1.67. The normalized spacial score (nSPS) is 10.5. The topological polar surface area (TPSA) is 58.9 Å². The number of ether oxygens (including phenoxy) is 1. The third-order valence-electron chi connectivity index (χ3n) is 1.55. The van der Waals surface area contributed by atoms with Crippen molar-refractivity contribution in [3.05, 3.63) is 35.7 Å². The molecule has 4 nitrogen and oxygen atoms in total. The number of aromatic hydroxyl groups is 1. The van der Waals surface area contributed by atoms with Gasteiger partial charge in [0.25, 0.3) is 0 Å². The molecule has 0 aliphatic rings. The molecule has 14 heavy (non-hydrogen) atoms. The van der Waals surface area contributed by atoms with Crippen LogP contribution in [0, 0.1) is 0 Å². The Bertz CT molecular complexity index is 375. The highest BCUT2D eigenvalue weighted by Crippen LogP contribution is 2.13. The number of rotatable bonds is 3. The fourth-order valence-electron chi connectivity index (χ4n) is 0.895. The fourth-order valence-corrected chi connectivity index (χ4v) is 0.895. The number of aliphatic imine (C=N–C) groups is 1. The third kappa shape index (κ3) is 2.77. The highest BCUT2D eigenvalue weighted by atomic mass is 16.5. The van der Waals surface area contributed by atoms with Gasteiger partial charge in [0.15, 0.2) is 0 Å². The van der Waals surface area contributed by atoms with Crippen LogP contribution in [0.4, 0.5) is 0 Å². The Morgan fingerprint density at radius 2 is 2.14 bits per heavy atom. The molecule has 0 bridgehead atoms. The van der Waals surface area contributed by atoms with Crippen LogP contribution in [0.25, 0.3) is 6.08 Å². The first-order valence-electron chi connectivity index (χ1n) is 3.89. The van der Waals surface area contributed by atoms with Crippen molar-refractivity contribution in [3.8, 4) is 5.75 Å². The van der Waals surface area contributed by atoms with Gasteiger partial charge in [0, 0.05) is 6.08 Å². The van der Waals surface area contributed by atoms with Gasteiger partial charge >= 0.3 is 0 Å². The lowest BCUT2D eigenvalue weighted by molar-refractivity contribution is 0.292. The molecule has 0 aliphatic carbocycles. The molecule has 0 aliphatic heterocycles. The van der Waals surface area contributed by atoms with Crippen LogP contribution in [0.2, 0.25) is 0 Å². The molecular formula is C10H9NO3. The van der Waals surface area contributed by atoms with Gasteiger partial charge in [-0.15, -0.1) is 4.99 Å². The zero-order valence-electron chi connectivity index (χ0n) is 7.60. The van der Waals surface area contributed by atoms with E-state index in [4.69, 9.17) is 9.84 Å². The summed E-state index contributed by atoms with van der Waals surface area (Å²) in [5.41, 5.74) is 0.777. The lowest BCUT2D eigenvalue weighted by Crippen LogP contribution is -1.82. The molecule has 0 saturated carbocycles. The number of nitrogens with zero attached hydrogens (tertiary/aromatic N) is 1. The van der Waals surface area contributed by atoms with E-state index in [9.17, 15) is 4.79 Å². The van der Waals surface area contributed by atoms with Crippen molar-refractivity contribution in [1.82, 2.24) is 0 Å². The molecule has 0 amide bonds. The summed E-state index contributed by atoms with van der Waals surface area (Å²) >= 11 is 0. The number of hydrogen-bond acceptors (Lipinski definition) is 4. The van der Waals surface area contributed by atoms with Crippen LogP contribution in [-0.2, 0) is 9.53 Å². The maximum atomic E-state index is 9.97. The van der Waals surface area contributed by atoms with Gasteiger partial charge in [0.05, 0.1) is 7.11 Å². The Morgan fingerprint density at radius 1 is 1.50 bits per heavy atom. The Balaban J connectivity index is 2.94. The Hall–Kier alpha value is -2.06. The second kappa shape index (κ2) is 4.84. The van der Waals surface area contributed by atoms with E-state index in [1.807, 2.05) is 0 Å². The molecule has 0 heterocycles. The van der Waals surface area contributed by atoms with E-state index in [0.717, 1.165) is 5.56 Å². The first-order chi connectivity index (χ1) is 6.76.